The van der Waals surface area contributed by atoms with Gasteiger partial charge in [0.25, 0.3) is 0 Å². The van der Waals surface area contributed by atoms with Crippen LogP contribution in [0.3, 0.4) is 0 Å². The third-order valence-corrected chi connectivity index (χ3v) is 9.71. The molecule has 0 aromatic heterocycles. The fraction of sp³-hybridized carbons (Fsp3) is 0.500. The Kier molecular flexibility index (Phi) is 7.90. The molecule has 35 heavy (non-hydrogen) atoms. The number of carbonyl (C=O) groups is 1. The second-order valence-electron chi connectivity index (χ2n) is 9.44. The molecule has 2 aromatic rings. The van der Waals surface area contributed by atoms with Gasteiger partial charge in [-0.15, -0.1) is 0 Å². The van der Waals surface area contributed by atoms with E-state index >= 15 is 4.39 Å². The Hall–Kier alpha value is -2.33. The molecule has 2 aliphatic rings. The van der Waals surface area contributed by atoms with E-state index in [0.717, 1.165) is 11.1 Å². The van der Waals surface area contributed by atoms with Crippen molar-refractivity contribution < 1.29 is 22.3 Å². The highest BCUT2D eigenvalue weighted by Gasteiger charge is 2.41. The van der Waals surface area contributed by atoms with Crippen LogP contribution in [0, 0.1) is 5.82 Å². The van der Waals surface area contributed by atoms with Crippen LogP contribution in [0.4, 0.5) is 4.39 Å². The van der Waals surface area contributed by atoms with Gasteiger partial charge in [0.15, 0.2) is 0 Å². The summed E-state index contributed by atoms with van der Waals surface area (Å²) in [4.78, 5) is 11.8. The highest BCUT2D eigenvalue weighted by Crippen LogP contribution is 2.39. The maximum Gasteiger partial charge on any atom is 0.233 e. The van der Waals surface area contributed by atoms with E-state index in [1.54, 1.807) is 13.1 Å². The summed E-state index contributed by atoms with van der Waals surface area (Å²) in [6, 6.07) is 14.0. The number of ether oxygens (including phenoxy) is 1. The van der Waals surface area contributed by atoms with Crippen LogP contribution >= 0.6 is 0 Å². The first kappa shape index (κ1) is 25.8. The number of hydrogen-bond donors (Lipinski definition) is 2. The van der Waals surface area contributed by atoms with Crippen LogP contribution in [0.15, 0.2) is 48.5 Å². The molecule has 9 heteroatoms. The minimum Gasteiger partial charge on any atom is -0.381 e. The molecule has 2 atom stereocenters. The van der Waals surface area contributed by atoms with E-state index in [-0.39, 0.29) is 25.0 Å². The normalized spacial score (nSPS) is 24.1. The molecular formula is C26H34FN3O4S. The van der Waals surface area contributed by atoms with Gasteiger partial charge in [0.05, 0.1) is 6.54 Å². The minimum atomic E-state index is -3.65. The van der Waals surface area contributed by atoms with Gasteiger partial charge in [0.2, 0.25) is 15.9 Å². The molecule has 7 nitrogen and oxygen atoms in total. The third kappa shape index (κ3) is 5.43. The van der Waals surface area contributed by atoms with Gasteiger partial charge in [-0.25, -0.2) is 12.8 Å². The monoisotopic (exact) mass is 503 g/mol. The molecule has 0 radical (unpaired) electrons. The predicted octanol–water partition coefficient (Wildman–Crippen LogP) is 3.22. The lowest BCUT2D eigenvalue weighted by Gasteiger charge is -2.39. The van der Waals surface area contributed by atoms with Crippen molar-refractivity contribution in [3.63, 3.8) is 0 Å². The van der Waals surface area contributed by atoms with Gasteiger partial charge < -0.3 is 10.1 Å². The molecule has 0 aliphatic carbocycles. The molecule has 0 bridgehead atoms. The van der Waals surface area contributed by atoms with Crippen molar-refractivity contribution in [2.45, 2.75) is 56.0 Å². The number of sulfonamides is 1. The fourth-order valence-electron chi connectivity index (χ4n) is 5.12. The summed E-state index contributed by atoms with van der Waals surface area (Å²) in [5, 5.41) is 5.28. The highest BCUT2D eigenvalue weighted by atomic mass is 32.2. The number of carbonyl (C=O) groups excluding carboxylic acids is 1. The summed E-state index contributed by atoms with van der Waals surface area (Å²) in [6.07, 6.45) is 2.48. The van der Waals surface area contributed by atoms with Crippen LogP contribution < -0.4 is 10.6 Å². The van der Waals surface area contributed by atoms with Crippen molar-refractivity contribution in [3.05, 3.63) is 71.0 Å². The van der Waals surface area contributed by atoms with Crippen molar-refractivity contribution in [2.24, 2.45) is 0 Å². The summed E-state index contributed by atoms with van der Waals surface area (Å²) >= 11 is 0. The van der Waals surface area contributed by atoms with Gasteiger partial charge in [-0.05, 0) is 49.8 Å². The molecule has 190 valence electrons. The Morgan fingerprint density at radius 1 is 1.14 bits per heavy atom. The molecule has 2 aliphatic heterocycles. The highest BCUT2D eigenvalue weighted by molar-refractivity contribution is 7.89. The van der Waals surface area contributed by atoms with Crippen molar-refractivity contribution in [2.75, 3.05) is 26.8 Å². The molecular weight excluding hydrogens is 469 g/mol. The summed E-state index contributed by atoms with van der Waals surface area (Å²) in [5.74, 6) is -0.593. The first-order valence-corrected chi connectivity index (χ1v) is 13.6. The van der Waals surface area contributed by atoms with Crippen molar-refractivity contribution in [3.8, 4) is 0 Å². The molecule has 0 spiro atoms. The standard InChI is InChI=1S/C26H34FN3O4S/c1-19-8-11-24(20-6-4-3-5-7-20)35(32,33)30(19)18-21-9-10-22(16-23(21)27)26(12-14-34-15-13-26)29-17-25(31)28-2/h3-7,9-10,16,19,24,29H,8,11-15,17-18H2,1-2H3,(H,28,31)/t19-,24+/m0/s1. The quantitative estimate of drug-likeness (QED) is 0.606. The summed E-state index contributed by atoms with van der Waals surface area (Å²) in [6.45, 7) is 3.00. The Morgan fingerprint density at radius 2 is 1.86 bits per heavy atom. The zero-order valence-corrected chi connectivity index (χ0v) is 21.1. The number of nitrogens with zero attached hydrogens (tertiary/aromatic N) is 1. The fourth-order valence-corrected chi connectivity index (χ4v) is 7.31. The number of nitrogens with one attached hydrogen (secondary N) is 2. The van der Waals surface area contributed by atoms with Gasteiger partial charge in [0.1, 0.15) is 11.1 Å². The summed E-state index contributed by atoms with van der Waals surface area (Å²) in [5.41, 5.74) is 1.27. The zero-order valence-electron chi connectivity index (χ0n) is 20.3. The number of benzene rings is 2. The van der Waals surface area contributed by atoms with Crippen molar-refractivity contribution in [1.29, 1.82) is 0 Å². The number of hydrogen-bond acceptors (Lipinski definition) is 5. The number of likely N-dealkylation sites (N-methyl/N-ethyl adjacent to an activating group) is 1. The topological polar surface area (TPSA) is 87.7 Å². The van der Waals surface area contributed by atoms with E-state index in [4.69, 9.17) is 4.74 Å². The van der Waals surface area contributed by atoms with Gasteiger partial charge >= 0.3 is 0 Å². The van der Waals surface area contributed by atoms with Gasteiger partial charge in [-0.2, -0.15) is 4.31 Å². The lowest BCUT2D eigenvalue weighted by molar-refractivity contribution is -0.120. The summed E-state index contributed by atoms with van der Waals surface area (Å²) < 4.78 is 49.4. The van der Waals surface area contributed by atoms with E-state index in [2.05, 4.69) is 10.6 Å². The maximum absolute atomic E-state index is 15.4. The Bertz CT molecular complexity index is 1140. The predicted molar refractivity (Wildman–Crippen MR) is 133 cm³/mol. The Balaban J connectivity index is 1.58. The van der Waals surface area contributed by atoms with Crippen LogP contribution in [0.2, 0.25) is 0 Å². The zero-order chi connectivity index (χ0) is 25.1. The van der Waals surface area contributed by atoms with Crippen LogP contribution in [0.5, 0.6) is 0 Å². The van der Waals surface area contributed by atoms with E-state index in [1.165, 1.54) is 10.4 Å². The number of amides is 1. The smallest absolute Gasteiger partial charge is 0.233 e. The van der Waals surface area contributed by atoms with E-state index < -0.39 is 26.6 Å². The average Bonchev–Trinajstić information content (AvgIpc) is 2.86. The van der Waals surface area contributed by atoms with Gasteiger partial charge in [-0.1, -0.05) is 42.5 Å². The average molecular weight is 504 g/mol. The van der Waals surface area contributed by atoms with Gasteiger partial charge in [0, 0.05) is 44.0 Å². The maximum atomic E-state index is 15.4. The molecule has 2 fully saturated rings. The SMILES string of the molecule is CNC(=O)CNC1(c2ccc(CN3[C@@H](C)CC[C@H](c4ccccc4)S3(=O)=O)c(F)c2)CCOCC1. The molecule has 2 N–H and O–H groups in total. The first-order chi connectivity index (χ1) is 16.8. The molecule has 0 unspecified atom stereocenters. The van der Waals surface area contributed by atoms with E-state index in [9.17, 15) is 13.2 Å². The Labute approximate surface area is 207 Å². The third-order valence-electron chi connectivity index (χ3n) is 7.34. The molecule has 4 rings (SSSR count). The molecule has 2 heterocycles. The molecule has 2 saturated heterocycles. The summed E-state index contributed by atoms with van der Waals surface area (Å²) in [7, 11) is -2.08. The lowest BCUT2D eigenvalue weighted by Crippen LogP contribution is -2.50. The van der Waals surface area contributed by atoms with Gasteiger partial charge in [-0.3, -0.25) is 10.1 Å². The Morgan fingerprint density at radius 3 is 2.51 bits per heavy atom. The van der Waals surface area contributed by atoms with Crippen LogP contribution in [0.1, 0.15) is 54.5 Å². The molecule has 0 saturated carbocycles. The second kappa shape index (κ2) is 10.7. The van der Waals surface area contributed by atoms with Crippen molar-refractivity contribution >= 4 is 15.9 Å². The lowest BCUT2D eigenvalue weighted by atomic mass is 9.82. The van der Waals surface area contributed by atoms with Crippen LogP contribution in [0.25, 0.3) is 0 Å². The van der Waals surface area contributed by atoms with Crippen molar-refractivity contribution in [1.82, 2.24) is 14.9 Å². The second-order valence-corrected chi connectivity index (χ2v) is 11.5. The van der Waals surface area contributed by atoms with Crippen LogP contribution in [-0.2, 0) is 31.6 Å². The van der Waals surface area contributed by atoms with E-state index in [1.807, 2.05) is 43.3 Å². The van der Waals surface area contributed by atoms with Crippen LogP contribution in [-0.4, -0.2) is 51.5 Å². The number of rotatable bonds is 7. The number of halogens is 1. The van der Waals surface area contributed by atoms with E-state index in [0.29, 0.717) is 44.5 Å². The minimum absolute atomic E-state index is 0.0132. The molecule has 2 aromatic carbocycles. The largest absolute Gasteiger partial charge is 0.381 e. The first-order valence-electron chi connectivity index (χ1n) is 12.1. The molecule has 1 amide bonds.